The minimum atomic E-state index is 0.776. The van der Waals surface area contributed by atoms with Gasteiger partial charge in [0, 0.05) is 25.7 Å². The monoisotopic (exact) mass is 227 g/mol. The smallest absolute Gasteiger partial charge is 0.0218 e. The van der Waals surface area contributed by atoms with Crippen LogP contribution >= 0.6 is 0 Å². The lowest BCUT2D eigenvalue weighted by Gasteiger charge is -2.33. The maximum Gasteiger partial charge on any atom is 0.0218 e. The van der Waals surface area contributed by atoms with Gasteiger partial charge in [-0.25, -0.2) is 0 Å². The molecule has 0 radical (unpaired) electrons. The second-order valence-electron chi connectivity index (χ2n) is 5.04. The van der Waals surface area contributed by atoms with Crippen LogP contribution in [0.3, 0.4) is 0 Å². The molecule has 0 aromatic heterocycles. The van der Waals surface area contributed by atoms with Crippen molar-refractivity contribution in [3.05, 3.63) is 0 Å². The first-order chi connectivity index (χ1) is 7.84. The van der Waals surface area contributed by atoms with E-state index in [2.05, 4.69) is 17.3 Å². The lowest BCUT2D eigenvalue weighted by Crippen LogP contribution is -2.49. The van der Waals surface area contributed by atoms with Crippen LogP contribution in [-0.2, 0) is 0 Å². The van der Waals surface area contributed by atoms with Gasteiger partial charge >= 0.3 is 0 Å². The molecule has 1 unspecified atom stereocenters. The molecule has 0 amide bonds. The van der Waals surface area contributed by atoms with Crippen LogP contribution in [0.1, 0.15) is 44.9 Å². The molecule has 0 aromatic rings. The molecule has 0 bridgehead atoms. The fourth-order valence-corrected chi connectivity index (χ4v) is 2.42. The van der Waals surface area contributed by atoms with Crippen molar-refractivity contribution in [1.82, 2.24) is 10.2 Å². The first-order valence-electron chi connectivity index (χ1n) is 6.95. The zero-order valence-electron chi connectivity index (χ0n) is 10.9. The Morgan fingerprint density at radius 2 is 1.81 bits per heavy atom. The van der Waals surface area contributed by atoms with E-state index < -0.39 is 0 Å². The molecule has 1 heterocycles. The van der Waals surface area contributed by atoms with Crippen LogP contribution in [0.4, 0.5) is 0 Å². The maximum absolute atomic E-state index is 5.47. The van der Waals surface area contributed by atoms with Gasteiger partial charge in [-0.3, -0.25) is 0 Å². The molecule has 1 aliphatic heterocycles. The maximum atomic E-state index is 5.47. The van der Waals surface area contributed by atoms with Gasteiger partial charge in [-0.2, -0.15) is 0 Å². The first kappa shape index (κ1) is 13.9. The molecule has 16 heavy (non-hydrogen) atoms. The van der Waals surface area contributed by atoms with Gasteiger partial charge in [0.25, 0.3) is 0 Å². The summed E-state index contributed by atoms with van der Waals surface area (Å²) in [5, 5.41) is 3.48. The van der Waals surface area contributed by atoms with Crippen LogP contribution in [0.15, 0.2) is 0 Å². The van der Waals surface area contributed by atoms with E-state index in [1.165, 1.54) is 58.0 Å². The summed E-state index contributed by atoms with van der Waals surface area (Å²) in [4.78, 5) is 2.50. The minimum absolute atomic E-state index is 0.776. The Balaban J connectivity index is 1.90. The number of unbranched alkanes of at least 4 members (excludes halogenated alkanes) is 5. The predicted molar refractivity (Wildman–Crippen MR) is 70.7 cm³/mol. The lowest BCUT2D eigenvalue weighted by atomic mass is 10.0. The largest absolute Gasteiger partial charge is 0.330 e. The van der Waals surface area contributed by atoms with Crippen LogP contribution in [0, 0.1) is 0 Å². The number of piperazine rings is 1. The summed E-state index contributed by atoms with van der Waals surface area (Å²) in [7, 11) is 2.26. The molecule has 3 heteroatoms. The quantitative estimate of drug-likeness (QED) is 0.619. The highest BCUT2D eigenvalue weighted by molar-refractivity contribution is 4.76. The normalized spacial score (nSPS) is 22.5. The summed E-state index contributed by atoms with van der Waals surface area (Å²) in [5.74, 6) is 0. The van der Waals surface area contributed by atoms with Gasteiger partial charge in [0.05, 0.1) is 0 Å². The van der Waals surface area contributed by atoms with Crippen molar-refractivity contribution >= 4 is 0 Å². The number of likely N-dealkylation sites (N-methyl/N-ethyl adjacent to an activating group) is 1. The van der Waals surface area contributed by atoms with Crippen LogP contribution in [0.2, 0.25) is 0 Å². The van der Waals surface area contributed by atoms with Gasteiger partial charge in [0.1, 0.15) is 0 Å². The molecule has 3 nitrogen and oxygen atoms in total. The molecule has 3 N–H and O–H groups in total. The standard InChI is InChI=1S/C13H29N3/c1-16-11-10-15-12-13(16)8-6-4-2-3-5-7-9-14/h13,15H,2-12,14H2,1H3. The van der Waals surface area contributed by atoms with E-state index in [0.717, 1.165) is 19.1 Å². The number of nitrogens with two attached hydrogens (primary N) is 1. The molecule has 0 aliphatic carbocycles. The van der Waals surface area contributed by atoms with Crippen molar-refractivity contribution < 1.29 is 0 Å². The summed E-state index contributed by atoms with van der Waals surface area (Å²) in [6, 6.07) is 0.776. The number of hydrogen-bond acceptors (Lipinski definition) is 3. The molecule has 1 fully saturated rings. The average Bonchev–Trinajstić information content (AvgIpc) is 2.30. The molecule has 0 saturated carbocycles. The lowest BCUT2D eigenvalue weighted by molar-refractivity contribution is 0.187. The van der Waals surface area contributed by atoms with Crippen LogP contribution in [0.25, 0.3) is 0 Å². The van der Waals surface area contributed by atoms with Crippen molar-refractivity contribution in [2.75, 3.05) is 33.2 Å². The Morgan fingerprint density at radius 1 is 1.12 bits per heavy atom. The van der Waals surface area contributed by atoms with Crippen molar-refractivity contribution in [3.63, 3.8) is 0 Å². The number of nitrogens with one attached hydrogen (secondary N) is 1. The summed E-state index contributed by atoms with van der Waals surface area (Å²) >= 11 is 0. The average molecular weight is 227 g/mol. The number of rotatable bonds is 8. The van der Waals surface area contributed by atoms with Crippen molar-refractivity contribution in [2.24, 2.45) is 5.73 Å². The van der Waals surface area contributed by atoms with Crippen LogP contribution < -0.4 is 11.1 Å². The number of hydrogen-bond donors (Lipinski definition) is 2. The Bertz CT molecular complexity index is 161. The minimum Gasteiger partial charge on any atom is -0.330 e. The fraction of sp³-hybridized carbons (Fsp3) is 1.00. The first-order valence-corrected chi connectivity index (χ1v) is 6.95. The van der Waals surface area contributed by atoms with E-state index in [4.69, 9.17) is 5.73 Å². The molecular formula is C13H29N3. The third kappa shape index (κ3) is 5.83. The molecule has 1 aliphatic rings. The fourth-order valence-electron chi connectivity index (χ4n) is 2.42. The number of nitrogens with zero attached hydrogens (tertiary/aromatic N) is 1. The van der Waals surface area contributed by atoms with Crippen molar-refractivity contribution in [1.29, 1.82) is 0 Å². The molecular weight excluding hydrogens is 198 g/mol. The third-order valence-electron chi connectivity index (χ3n) is 3.64. The molecule has 96 valence electrons. The summed E-state index contributed by atoms with van der Waals surface area (Å²) in [5.41, 5.74) is 5.47. The predicted octanol–water partition coefficient (Wildman–Crippen LogP) is 1.58. The topological polar surface area (TPSA) is 41.3 Å². The second kappa shape index (κ2) is 8.97. The highest BCUT2D eigenvalue weighted by Gasteiger charge is 2.17. The van der Waals surface area contributed by atoms with E-state index in [9.17, 15) is 0 Å². The van der Waals surface area contributed by atoms with Gasteiger partial charge < -0.3 is 16.0 Å². The zero-order valence-corrected chi connectivity index (χ0v) is 10.9. The summed E-state index contributed by atoms with van der Waals surface area (Å²) < 4.78 is 0. The third-order valence-corrected chi connectivity index (χ3v) is 3.64. The van der Waals surface area contributed by atoms with Gasteiger partial charge in [0.2, 0.25) is 0 Å². The second-order valence-corrected chi connectivity index (χ2v) is 5.04. The Labute approximate surface area is 101 Å². The SMILES string of the molecule is CN1CCNCC1CCCCCCCCN. The molecule has 1 saturated heterocycles. The van der Waals surface area contributed by atoms with Crippen LogP contribution in [0.5, 0.6) is 0 Å². The zero-order chi connectivity index (χ0) is 11.6. The molecule has 1 rings (SSSR count). The molecule has 0 aromatic carbocycles. The molecule has 0 spiro atoms. The van der Waals surface area contributed by atoms with E-state index in [-0.39, 0.29) is 0 Å². The van der Waals surface area contributed by atoms with Crippen molar-refractivity contribution in [2.45, 2.75) is 51.0 Å². The highest BCUT2D eigenvalue weighted by Crippen LogP contribution is 2.12. The van der Waals surface area contributed by atoms with Crippen LogP contribution in [-0.4, -0.2) is 44.2 Å². The summed E-state index contributed by atoms with van der Waals surface area (Å²) in [6.45, 7) is 4.41. The van der Waals surface area contributed by atoms with E-state index in [1.807, 2.05) is 0 Å². The van der Waals surface area contributed by atoms with E-state index >= 15 is 0 Å². The van der Waals surface area contributed by atoms with E-state index in [0.29, 0.717) is 0 Å². The Morgan fingerprint density at radius 3 is 2.50 bits per heavy atom. The molecule has 1 atom stereocenters. The van der Waals surface area contributed by atoms with Gasteiger partial charge in [-0.05, 0) is 26.4 Å². The van der Waals surface area contributed by atoms with E-state index in [1.54, 1.807) is 0 Å². The van der Waals surface area contributed by atoms with Crippen molar-refractivity contribution in [3.8, 4) is 0 Å². The van der Waals surface area contributed by atoms with Gasteiger partial charge in [-0.15, -0.1) is 0 Å². The summed E-state index contributed by atoms with van der Waals surface area (Å²) in [6.07, 6.45) is 9.44. The van der Waals surface area contributed by atoms with Gasteiger partial charge in [0.15, 0.2) is 0 Å². The van der Waals surface area contributed by atoms with Gasteiger partial charge in [-0.1, -0.05) is 32.1 Å². The Hall–Kier alpha value is -0.120. The Kier molecular flexibility index (Phi) is 7.81. The highest BCUT2D eigenvalue weighted by atomic mass is 15.2.